The summed E-state index contributed by atoms with van der Waals surface area (Å²) in [5, 5.41) is 7.73. The first-order chi connectivity index (χ1) is 20.6. The van der Waals surface area contributed by atoms with Gasteiger partial charge in [0, 0.05) is 20.6 Å². The molecule has 0 bridgehead atoms. The summed E-state index contributed by atoms with van der Waals surface area (Å²) < 4.78 is 5.55. The van der Waals surface area contributed by atoms with E-state index in [0.29, 0.717) is 18.5 Å². The molecule has 1 aliphatic heterocycles. The van der Waals surface area contributed by atoms with Crippen molar-refractivity contribution in [3.63, 3.8) is 0 Å². The highest BCUT2D eigenvalue weighted by Gasteiger charge is 2.46. The van der Waals surface area contributed by atoms with Crippen molar-refractivity contribution in [2.24, 2.45) is 17.8 Å². The lowest BCUT2D eigenvalue weighted by Crippen LogP contribution is -2.56. The van der Waals surface area contributed by atoms with Gasteiger partial charge in [0.05, 0.1) is 12.6 Å². The molecule has 12 nitrogen and oxygen atoms in total. The molecule has 3 N–H and O–H groups in total. The van der Waals surface area contributed by atoms with Crippen LogP contribution in [0.4, 0.5) is 4.79 Å². The Morgan fingerprint density at radius 3 is 2.16 bits per heavy atom. The highest BCUT2D eigenvalue weighted by atomic mass is 16.6. The quantitative estimate of drug-likeness (QED) is 0.305. The molecule has 2 fully saturated rings. The molecule has 0 spiro atoms. The maximum Gasteiger partial charge on any atom is 0.410 e. The number of ether oxygens (including phenoxy) is 1. The normalized spacial score (nSPS) is 19.5. The highest BCUT2D eigenvalue weighted by molar-refractivity contribution is 6.38. The molecule has 0 aromatic heterocycles. The lowest BCUT2D eigenvalue weighted by Gasteiger charge is -2.32. The molecule has 4 atom stereocenters. The average Bonchev–Trinajstić information content (AvgIpc) is 3.65. The lowest BCUT2D eigenvalue weighted by atomic mass is 9.88. The summed E-state index contributed by atoms with van der Waals surface area (Å²) in [7, 11) is 3.14. The minimum atomic E-state index is -1.11. The summed E-state index contributed by atoms with van der Waals surface area (Å²) >= 11 is 0. The molecule has 0 radical (unpaired) electrons. The number of hydrogen-bond acceptors (Lipinski definition) is 7. The molecule has 1 aromatic carbocycles. The minimum absolute atomic E-state index is 0.0803. The fourth-order valence-electron chi connectivity index (χ4n) is 5.36. The predicted molar refractivity (Wildman–Crippen MR) is 163 cm³/mol. The van der Waals surface area contributed by atoms with Gasteiger partial charge in [-0.05, 0) is 56.9 Å². The van der Waals surface area contributed by atoms with Crippen LogP contribution in [0.25, 0.3) is 0 Å². The van der Waals surface area contributed by atoms with Crippen LogP contribution in [0.1, 0.15) is 71.9 Å². The summed E-state index contributed by atoms with van der Waals surface area (Å²) in [4.78, 5) is 81.2. The van der Waals surface area contributed by atoms with E-state index in [2.05, 4.69) is 16.0 Å². The van der Waals surface area contributed by atoms with Gasteiger partial charge in [0.25, 0.3) is 5.91 Å². The number of likely N-dealkylation sites (N-methyl/N-ethyl adjacent to an activating group) is 1. The number of Topliss-reactive ketones (excluding diaryl/α,β-unsaturated/α-hetero) is 1. The van der Waals surface area contributed by atoms with E-state index in [1.54, 1.807) is 65.2 Å². The van der Waals surface area contributed by atoms with E-state index in [-0.39, 0.29) is 30.1 Å². The van der Waals surface area contributed by atoms with Crippen LogP contribution in [0.3, 0.4) is 0 Å². The van der Waals surface area contributed by atoms with Crippen LogP contribution >= 0.6 is 0 Å². The average molecular weight is 614 g/mol. The van der Waals surface area contributed by atoms with Crippen molar-refractivity contribution in [1.82, 2.24) is 25.8 Å². The summed E-state index contributed by atoms with van der Waals surface area (Å²) in [6, 6.07) is 5.76. The van der Waals surface area contributed by atoms with Gasteiger partial charge in [0.15, 0.2) is 0 Å². The molecule has 3 rings (SSSR count). The molecule has 44 heavy (non-hydrogen) atoms. The summed E-state index contributed by atoms with van der Waals surface area (Å²) in [5.74, 6) is -3.29. The molecule has 2 aliphatic rings. The van der Waals surface area contributed by atoms with Gasteiger partial charge in [-0.1, -0.05) is 57.0 Å². The van der Waals surface area contributed by atoms with Crippen molar-refractivity contribution in [2.75, 3.05) is 27.2 Å². The van der Waals surface area contributed by atoms with E-state index in [1.807, 2.05) is 13.8 Å². The first-order valence-corrected chi connectivity index (χ1v) is 15.3. The smallest absolute Gasteiger partial charge is 0.410 e. The predicted octanol–water partition coefficient (Wildman–Crippen LogP) is 2.18. The number of carbonyl (C=O) groups is 6. The van der Waals surface area contributed by atoms with E-state index < -0.39 is 59.9 Å². The number of nitrogens with zero attached hydrogens (tertiary/aromatic N) is 2. The van der Waals surface area contributed by atoms with Crippen molar-refractivity contribution in [2.45, 2.75) is 84.0 Å². The second-order valence-electron chi connectivity index (χ2n) is 13.2. The van der Waals surface area contributed by atoms with Gasteiger partial charge in [-0.25, -0.2) is 4.79 Å². The fourth-order valence-corrected chi connectivity index (χ4v) is 5.36. The van der Waals surface area contributed by atoms with Gasteiger partial charge in [-0.3, -0.25) is 28.9 Å². The zero-order valence-corrected chi connectivity index (χ0v) is 26.8. The zero-order chi connectivity index (χ0) is 32.8. The third-order valence-electron chi connectivity index (χ3n) is 7.86. The van der Waals surface area contributed by atoms with E-state index in [9.17, 15) is 28.8 Å². The lowest BCUT2D eigenvalue weighted by molar-refractivity contribution is -0.141. The Morgan fingerprint density at radius 1 is 0.977 bits per heavy atom. The van der Waals surface area contributed by atoms with E-state index in [1.165, 1.54) is 9.80 Å². The number of nitrogens with one attached hydrogen (secondary N) is 3. The molecule has 1 aromatic rings. The van der Waals surface area contributed by atoms with Gasteiger partial charge in [-0.2, -0.15) is 0 Å². The van der Waals surface area contributed by atoms with Crippen LogP contribution in [0, 0.1) is 17.8 Å². The van der Waals surface area contributed by atoms with Gasteiger partial charge in [0.1, 0.15) is 17.7 Å². The van der Waals surface area contributed by atoms with Crippen molar-refractivity contribution < 1.29 is 33.5 Å². The van der Waals surface area contributed by atoms with Crippen LogP contribution in [0.15, 0.2) is 30.3 Å². The van der Waals surface area contributed by atoms with Gasteiger partial charge < -0.3 is 25.6 Å². The number of amides is 5. The minimum Gasteiger partial charge on any atom is -0.444 e. The molecule has 2 unspecified atom stereocenters. The number of benzene rings is 1. The van der Waals surface area contributed by atoms with E-state index >= 15 is 0 Å². The topological polar surface area (TPSA) is 154 Å². The van der Waals surface area contributed by atoms with Crippen LogP contribution < -0.4 is 16.0 Å². The SMILES string of the molecule is CC(C)C1CCN(C(=O)OC(C)(C)C)[C@@H]1C(=O)NC(CC1CC1)C(=O)C(=O)NCC(=O)N[C@H](C(=O)N(C)C)c1ccccc1. The first-order valence-electron chi connectivity index (χ1n) is 15.3. The molecule has 1 saturated carbocycles. The molecule has 12 heteroatoms. The summed E-state index contributed by atoms with van der Waals surface area (Å²) in [6.07, 6.45) is 2.05. The highest BCUT2D eigenvalue weighted by Crippen LogP contribution is 2.35. The van der Waals surface area contributed by atoms with Gasteiger partial charge in [-0.15, -0.1) is 0 Å². The second kappa shape index (κ2) is 14.7. The van der Waals surface area contributed by atoms with Crippen LogP contribution in [-0.4, -0.2) is 90.2 Å². The molecule has 5 amide bonds. The Morgan fingerprint density at radius 2 is 1.61 bits per heavy atom. The standard InChI is InChI=1S/C32H47N5O7/c1-19(2)22-15-16-37(31(43)44-32(3,4)5)26(22)28(40)34-23(17-20-13-14-20)27(39)29(41)33-18-24(38)35-25(30(42)36(6)7)21-11-9-8-10-12-21/h8-12,19-20,22-23,25-26H,13-18H2,1-7H3,(H,33,41)(H,34,40)(H,35,38)/t22?,23?,25-,26-/m0/s1. The Hall–Kier alpha value is -3.96. The summed E-state index contributed by atoms with van der Waals surface area (Å²) in [6.45, 7) is 9.01. The maximum absolute atomic E-state index is 13.7. The second-order valence-corrected chi connectivity index (χ2v) is 13.2. The Bertz CT molecular complexity index is 1220. The molecule has 242 valence electrons. The molecule has 1 heterocycles. The monoisotopic (exact) mass is 613 g/mol. The van der Waals surface area contributed by atoms with Crippen molar-refractivity contribution in [3.05, 3.63) is 35.9 Å². The van der Waals surface area contributed by atoms with Crippen LogP contribution in [-0.2, 0) is 28.7 Å². The Balaban J connectivity index is 1.68. The van der Waals surface area contributed by atoms with Gasteiger partial charge in [0.2, 0.25) is 23.5 Å². The molecular weight excluding hydrogens is 566 g/mol. The molecule has 1 saturated heterocycles. The summed E-state index contributed by atoms with van der Waals surface area (Å²) in [5.41, 5.74) is -0.176. The number of carbonyl (C=O) groups excluding carboxylic acids is 6. The van der Waals surface area contributed by atoms with Crippen molar-refractivity contribution in [1.29, 1.82) is 0 Å². The Labute approximate surface area is 259 Å². The molecular formula is C32H47N5O7. The van der Waals surface area contributed by atoms with Gasteiger partial charge >= 0.3 is 6.09 Å². The Kier molecular flexibility index (Phi) is 11.5. The van der Waals surface area contributed by atoms with Crippen molar-refractivity contribution >= 4 is 35.5 Å². The number of ketones is 1. The largest absolute Gasteiger partial charge is 0.444 e. The zero-order valence-electron chi connectivity index (χ0n) is 26.8. The fraction of sp³-hybridized carbons (Fsp3) is 0.625. The number of hydrogen-bond donors (Lipinski definition) is 3. The third-order valence-corrected chi connectivity index (χ3v) is 7.86. The van der Waals surface area contributed by atoms with E-state index in [4.69, 9.17) is 4.74 Å². The maximum atomic E-state index is 13.7. The van der Waals surface area contributed by atoms with Crippen molar-refractivity contribution in [3.8, 4) is 0 Å². The number of rotatable bonds is 12. The third kappa shape index (κ3) is 9.52. The number of likely N-dealkylation sites (tertiary alicyclic amines) is 1. The van der Waals surface area contributed by atoms with Crippen LogP contribution in [0.5, 0.6) is 0 Å². The van der Waals surface area contributed by atoms with Crippen LogP contribution in [0.2, 0.25) is 0 Å². The van der Waals surface area contributed by atoms with E-state index in [0.717, 1.165) is 12.8 Å². The molecule has 1 aliphatic carbocycles. The first kappa shape index (κ1) is 34.5.